The number of rotatable bonds is 5. The zero-order chi connectivity index (χ0) is 16.9. The molecule has 126 valence electrons. The Hall–Kier alpha value is -2.34. The summed E-state index contributed by atoms with van der Waals surface area (Å²) >= 11 is 1.80. The molecule has 0 saturated heterocycles. The van der Waals surface area contributed by atoms with Gasteiger partial charge < -0.3 is 15.2 Å². The zero-order valence-corrected chi connectivity index (χ0v) is 15.0. The number of aliphatic imine (C=N–C) groups is 1. The highest BCUT2D eigenvalue weighted by Crippen LogP contribution is 2.25. The summed E-state index contributed by atoms with van der Waals surface area (Å²) in [6, 6.07) is 8.53. The van der Waals surface area contributed by atoms with E-state index in [1.165, 1.54) is 15.6 Å². The van der Waals surface area contributed by atoms with E-state index >= 15 is 0 Å². The molecule has 0 saturated carbocycles. The van der Waals surface area contributed by atoms with Gasteiger partial charge in [0.2, 0.25) is 0 Å². The molecule has 3 rings (SSSR count). The van der Waals surface area contributed by atoms with Gasteiger partial charge in [-0.3, -0.25) is 4.99 Å². The Bertz CT molecular complexity index is 830. The lowest BCUT2D eigenvalue weighted by Gasteiger charge is -2.11. The predicted octanol–water partition coefficient (Wildman–Crippen LogP) is 3.41. The average Bonchev–Trinajstić information content (AvgIpc) is 3.15. The van der Waals surface area contributed by atoms with Crippen molar-refractivity contribution in [2.45, 2.75) is 26.8 Å². The monoisotopic (exact) mass is 342 g/mol. The number of aromatic nitrogens is 1. The van der Waals surface area contributed by atoms with E-state index in [4.69, 9.17) is 4.52 Å². The van der Waals surface area contributed by atoms with Gasteiger partial charge in [0, 0.05) is 30.4 Å². The van der Waals surface area contributed by atoms with Crippen LogP contribution < -0.4 is 10.6 Å². The fourth-order valence-corrected chi connectivity index (χ4v) is 3.69. The van der Waals surface area contributed by atoms with Gasteiger partial charge in [0.25, 0.3) is 0 Å². The number of nitrogens with one attached hydrogen (secondary N) is 2. The zero-order valence-electron chi connectivity index (χ0n) is 14.2. The Balaban J connectivity index is 1.53. The molecule has 0 unspecified atom stereocenters. The van der Waals surface area contributed by atoms with Gasteiger partial charge in [-0.15, -0.1) is 11.3 Å². The van der Waals surface area contributed by atoms with E-state index in [-0.39, 0.29) is 0 Å². The van der Waals surface area contributed by atoms with E-state index in [2.05, 4.69) is 50.4 Å². The van der Waals surface area contributed by atoms with E-state index in [1.807, 2.05) is 13.8 Å². The highest BCUT2D eigenvalue weighted by molar-refractivity contribution is 7.17. The Morgan fingerprint density at radius 1 is 1.25 bits per heavy atom. The van der Waals surface area contributed by atoms with Gasteiger partial charge in [-0.2, -0.15) is 0 Å². The molecule has 5 nitrogen and oxygen atoms in total. The second-order valence-electron chi connectivity index (χ2n) is 5.66. The fourth-order valence-electron chi connectivity index (χ4n) is 2.69. The van der Waals surface area contributed by atoms with E-state index in [0.717, 1.165) is 35.9 Å². The first kappa shape index (κ1) is 16.5. The van der Waals surface area contributed by atoms with Crippen molar-refractivity contribution in [2.75, 3.05) is 13.6 Å². The lowest BCUT2D eigenvalue weighted by Crippen LogP contribution is -2.38. The maximum atomic E-state index is 5.18. The number of nitrogens with zero attached hydrogens (tertiary/aromatic N) is 2. The molecule has 0 aliphatic rings. The molecular formula is C18H22N4OS. The summed E-state index contributed by atoms with van der Waals surface area (Å²) in [6.07, 6.45) is 0.968. The minimum Gasteiger partial charge on any atom is -0.361 e. The fraction of sp³-hybridized carbons (Fsp3) is 0.333. The van der Waals surface area contributed by atoms with E-state index in [0.29, 0.717) is 6.54 Å². The first-order chi connectivity index (χ1) is 11.7. The number of benzene rings is 1. The predicted molar refractivity (Wildman–Crippen MR) is 99.7 cm³/mol. The van der Waals surface area contributed by atoms with Crippen LogP contribution in [0.2, 0.25) is 0 Å². The van der Waals surface area contributed by atoms with Crippen LogP contribution in [-0.4, -0.2) is 24.7 Å². The number of thiophene rings is 1. The second kappa shape index (κ2) is 7.49. The van der Waals surface area contributed by atoms with Crippen LogP contribution in [0, 0.1) is 13.8 Å². The summed E-state index contributed by atoms with van der Waals surface area (Å²) in [7, 11) is 1.78. The number of hydrogen-bond donors (Lipinski definition) is 2. The van der Waals surface area contributed by atoms with Crippen molar-refractivity contribution < 1.29 is 4.52 Å². The minimum absolute atomic E-state index is 0.655. The summed E-state index contributed by atoms with van der Waals surface area (Å²) in [5.41, 5.74) is 3.38. The third-order valence-electron chi connectivity index (χ3n) is 4.09. The molecule has 1 aromatic carbocycles. The van der Waals surface area contributed by atoms with Gasteiger partial charge in [0.1, 0.15) is 5.76 Å². The number of guanidine groups is 1. The molecule has 2 N–H and O–H groups in total. The van der Waals surface area contributed by atoms with E-state index < -0.39 is 0 Å². The highest BCUT2D eigenvalue weighted by atomic mass is 32.1. The largest absolute Gasteiger partial charge is 0.361 e. The lowest BCUT2D eigenvalue weighted by molar-refractivity contribution is 0.392. The van der Waals surface area contributed by atoms with Gasteiger partial charge in [-0.25, -0.2) is 0 Å². The molecule has 2 aromatic heterocycles. The first-order valence-electron chi connectivity index (χ1n) is 8.00. The summed E-state index contributed by atoms with van der Waals surface area (Å²) in [4.78, 5) is 4.27. The summed E-state index contributed by atoms with van der Waals surface area (Å²) < 4.78 is 6.52. The van der Waals surface area contributed by atoms with Crippen LogP contribution in [0.25, 0.3) is 10.1 Å². The van der Waals surface area contributed by atoms with E-state index in [9.17, 15) is 0 Å². The Kier molecular flexibility index (Phi) is 5.15. The molecule has 0 bridgehead atoms. The molecule has 2 heterocycles. The number of fused-ring (bicyclic) bond motifs is 1. The van der Waals surface area contributed by atoms with Crippen LogP contribution in [0.1, 0.15) is 22.6 Å². The Morgan fingerprint density at radius 3 is 2.83 bits per heavy atom. The molecule has 0 amide bonds. The van der Waals surface area contributed by atoms with Crippen LogP contribution in [0.5, 0.6) is 0 Å². The molecule has 0 radical (unpaired) electrons. The molecule has 0 fully saturated rings. The Morgan fingerprint density at radius 2 is 2.08 bits per heavy atom. The topological polar surface area (TPSA) is 62.5 Å². The van der Waals surface area contributed by atoms with Gasteiger partial charge in [0.05, 0.1) is 5.69 Å². The van der Waals surface area contributed by atoms with Crippen LogP contribution in [-0.2, 0) is 13.0 Å². The smallest absolute Gasteiger partial charge is 0.191 e. The average molecular weight is 342 g/mol. The summed E-state index contributed by atoms with van der Waals surface area (Å²) in [5, 5.41) is 14.2. The quantitative estimate of drug-likeness (QED) is 0.551. The van der Waals surface area contributed by atoms with Crippen molar-refractivity contribution in [3.63, 3.8) is 0 Å². The summed E-state index contributed by atoms with van der Waals surface area (Å²) in [5.74, 6) is 1.63. The van der Waals surface area contributed by atoms with Crippen molar-refractivity contribution in [2.24, 2.45) is 4.99 Å². The van der Waals surface area contributed by atoms with Crippen LogP contribution >= 0.6 is 11.3 Å². The molecule has 0 spiro atoms. The van der Waals surface area contributed by atoms with Gasteiger partial charge in [0.15, 0.2) is 5.96 Å². The maximum Gasteiger partial charge on any atom is 0.191 e. The molecule has 0 atom stereocenters. The normalized spacial score (nSPS) is 11.9. The SMILES string of the molecule is CN=C(NCCc1csc2ccccc12)NCc1c(C)noc1C. The highest BCUT2D eigenvalue weighted by Gasteiger charge is 2.09. The molecule has 24 heavy (non-hydrogen) atoms. The van der Waals surface area contributed by atoms with Gasteiger partial charge in [-0.1, -0.05) is 23.4 Å². The van der Waals surface area contributed by atoms with Crippen molar-refractivity contribution >= 4 is 27.4 Å². The standard InChI is InChI=1S/C18H22N4OS/c1-12-16(13(2)23-22-12)10-21-18(19-3)20-9-8-14-11-24-17-7-5-4-6-15(14)17/h4-7,11H,8-10H2,1-3H3,(H2,19,20,21). The van der Waals surface area contributed by atoms with E-state index in [1.54, 1.807) is 18.4 Å². The van der Waals surface area contributed by atoms with Crippen LogP contribution in [0.3, 0.4) is 0 Å². The maximum absolute atomic E-state index is 5.18. The molecular weight excluding hydrogens is 320 g/mol. The van der Waals surface area contributed by atoms with Gasteiger partial charge >= 0.3 is 0 Å². The lowest BCUT2D eigenvalue weighted by atomic mass is 10.1. The number of aryl methyl sites for hydroxylation is 2. The van der Waals surface area contributed by atoms with Crippen LogP contribution in [0.15, 0.2) is 39.2 Å². The summed E-state index contributed by atoms with van der Waals surface area (Å²) in [6.45, 7) is 5.37. The Labute approximate surface area is 145 Å². The minimum atomic E-state index is 0.655. The van der Waals surface area contributed by atoms with Gasteiger partial charge in [-0.05, 0) is 42.7 Å². The third kappa shape index (κ3) is 3.59. The van der Waals surface area contributed by atoms with Crippen LogP contribution in [0.4, 0.5) is 0 Å². The molecule has 0 aliphatic carbocycles. The second-order valence-corrected chi connectivity index (χ2v) is 6.57. The third-order valence-corrected chi connectivity index (χ3v) is 5.10. The number of hydrogen-bond acceptors (Lipinski definition) is 4. The molecule has 0 aliphatic heterocycles. The van der Waals surface area contributed by atoms with Crippen molar-refractivity contribution in [3.05, 3.63) is 52.2 Å². The van der Waals surface area contributed by atoms with Crippen molar-refractivity contribution in [1.29, 1.82) is 0 Å². The first-order valence-corrected chi connectivity index (χ1v) is 8.88. The van der Waals surface area contributed by atoms with Crippen molar-refractivity contribution in [1.82, 2.24) is 15.8 Å². The van der Waals surface area contributed by atoms with Crippen molar-refractivity contribution in [3.8, 4) is 0 Å². The molecule has 6 heteroatoms. The molecule has 3 aromatic rings.